The second-order valence-electron chi connectivity index (χ2n) is 8.61. The van der Waals surface area contributed by atoms with Crippen LogP contribution in [0, 0.1) is 0 Å². The van der Waals surface area contributed by atoms with Gasteiger partial charge in [-0.05, 0) is 36.6 Å². The van der Waals surface area contributed by atoms with Crippen LogP contribution >= 0.6 is 26.8 Å². The standard InChI is InChI=1S/C18H27ClN4O9P2/c19-18-21-17(20-10-3-1-2-4-10)12-6-5-11(23(12)22-18)7-13-15(24)16(25)14(32-13)8-31-34(29,30)9-33(26,27)28/h5-6,10,13-16,24-25H,1-4,7-9H2,(H,29,30)(H,20,21,22)(H2,26,27,28)/t13-,14+,15-,16+/m0/s1. The number of nitrogens with zero attached hydrogens (tertiary/aromatic N) is 3. The zero-order valence-corrected chi connectivity index (χ0v) is 20.5. The van der Waals surface area contributed by atoms with Gasteiger partial charge in [0, 0.05) is 18.2 Å². The average Bonchev–Trinajstić information content (AvgIpc) is 3.42. The van der Waals surface area contributed by atoms with Gasteiger partial charge in [-0.1, -0.05) is 12.8 Å². The maximum absolute atomic E-state index is 11.9. The molecule has 16 heteroatoms. The normalized spacial score (nSPS) is 27.9. The third-order valence-electron chi connectivity index (χ3n) is 5.93. The van der Waals surface area contributed by atoms with E-state index in [2.05, 4.69) is 15.4 Å². The van der Waals surface area contributed by atoms with E-state index in [1.54, 1.807) is 10.6 Å². The van der Waals surface area contributed by atoms with Gasteiger partial charge in [-0.2, -0.15) is 4.98 Å². The lowest BCUT2D eigenvalue weighted by molar-refractivity contribution is -0.0177. The van der Waals surface area contributed by atoms with Crippen molar-refractivity contribution in [3.05, 3.63) is 23.1 Å². The summed E-state index contributed by atoms with van der Waals surface area (Å²) in [5, 5.41) is 28.4. The molecule has 0 spiro atoms. The highest BCUT2D eigenvalue weighted by Crippen LogP contribution is 2.55. The summed E-state index contributed by atoms with van der Waals surface area (Å²) >= 11 is 6.13. The molecule has 1 saturated carbocycles. The Morgan fingerprint density at radius 3 is 2.50 bits per heavy atom. The summed E-state index contributed by atoms with van der Waals surface area (Å²) in [5.74, 6) is -0.760. The molecule has 2 fully saturated rings. The summed E-state index contributed by atoms with van der Waals surface area (Å²) in [6.07, 6.45) is -0.362. The van der Waals surface area contributed by atoms with Crippen molar-refractivity contribution in [2.24, 2.45) is 0 Å². The van der Waals surface area contributed by atoms with E-state index in [0.717, 1.165) is 25.7 Å². The second kappa shape index (κ2) is 10.1. The van der Waals surface area contributed by atoms with Crippen LogP contribution in [0.5, 0.6) is 0 Å². The average molecular weight is 541 g/mol. The molecule has 2 aliphatic rings. The van der Waals surface area contributed by atoms with Crippen LogP contribution in [-0.4, -0.2) is 82.5 Å². The van der Waals surface area contributed by atoms with Crippen LogP contribution < -0.4 is 5.32 Å². The number of fused-ring (bicyclic) bond motifs is 1. The molecule has 0 aromatic carbocycles. The molecule has 6 N–H and O–H groups in total. The van der Waals surface area contributed by atoms with Gasteiger partial charge in [0.15, 0.2) is 11.7 Å². The number of halogens is 1. The van der Waals surface area contributed by atoms with Crippen LogP contribution in [-0.2, 0) is 24.8 Å². The lowest BCUT2D eigenvalue weighted by Crippen LogP contribution is -2.34. The number of hydrogen-bond donors (Lipinski definition) is 6. The number of anilines is 1. The van der Waals surface area contributed by atoms with Gasteiger partial charge in [0.25, 0.3) is 0 Å². The molecule has 1 unspecified atom stereocenters. The summed E-state index contributed by atoms with van der Waals surface area (Å²) in [6, 6.07) is 3.89. The molecule has 3 heterocycles. The Morgan fingerprint density at radius 2 is 1.82 bits per heavy atom. The molecule has 34 heavy (non-hydrogen) atoms. The van der Waals surface area contributed by atoms with Crippen molar-refractivity contribution in [3.63, 3.8) is 0 Å². The highest BCUT2D eigenvalue weighted by molar-refractivity contribution is 7.70. The molecular weight excluding hydrogens is 514 g/mol. The number of nitrogens with one attached hydrogen (secondary N) is 1. The Labute approximate surface area is 199 Å². The number of aliphatic hydroxyl groups is 2. The molecule has 190 valence electrons. The SMILES string of the molecule is O=P(O)(O)CP(=O)(O)OC[C@H]1O[C@@H](Cc2ccc3c(NC4CCCC4)nc(Cl)nn23)[C@H](O)[C@@H]1O. The Hall–Kier alpha value is -1.11. The predicted molar refractivity (Wildman–Crippen MR) is 121 cm³/mol. The quantitative estimate of drug-likeness (QED) is 0.248. The Bertz CT molecular complexity index is 1120. The summed E-state index contributed by atoms with van der Waals surface area (Å²) in [4.78, 5) is 31.7. The van der Waals surface area contributed by atoms with E-state index in [0.29, 0.717) is 23.1 Å². The molecule has 2 aromatic rings. The maximum atomic E-state index is 11.9. The van der Waals surface area contributed by atoms with Gasteiger partial charge in [-0.15, -0.1) is 5.10 Å². The molecule has 0 amide bonds. The Morgan fingerprint density at radius 1 is 1.15 bits per heavy atom. The molecule has 1 aliphatic carbocycles. The van der Waals surface area contributed by atoms with E-state index in [1.807, 2.05) is 6.07 Å². The van der Waals surface area contributed by atoms with Gasteiger partial charge in [-0.3, -0.25) is 9.13 Å². The van der Waals surface area contributed by atoms with Crippen molar-refractivity contribution in [1.82, 2.24) is 14.6 Å². The molecule has 1 saturated heterocycles. The molecule has 5 atom stereocenters. The first-order valence-corrected chi connectivity index (χ1v) is 14.7. The molecule has 0 radical (unpaired) electrons. The maximum Gasteiger partial charge on any atom is 0.340 e. The van der Waals surface area contributed by atoms with Crippen molar-refractivity contribution >= 4 is 38.1 Å². The third-order valence-corrected chi connectivity index (χ3v) is 9.55. The van der Waals surface area contributed by atoms with Crippen molar-refractivity contribution in [2.45, 2.75) is 62.6 Å². The summed E-state index contributed by atoms with van der Waals surface area (Å²) in [5.41, 5.74) is 1.32. The van der Waals surface area contributed by atoms with Crippen molar-refractivity contribution in [3.8, 4) is 0 Å². The molecule has 13 nitrogen and oxygen atoms in total. The fraction of sp³-hybridized carbons (Fsp3) is 0.667. The minimum atomic E-state index is -4.79. The highest BCUT2D eigenvalue weighted by Gasteiger charge is 2.44. The van der Waals surface area contributed by atoms with Gasteiger partial charge < -0.3 is 39.5 Å². The largest absolute Gasteiger partial charge is 0.388 e. The number of aliphatic hydroxyl groups excluding tert-OH is 2. The Kier molecular flexibility index (Phi) is 7.71. The van der Waals surface area contributed by atoms with E-state index in [-0.39, 0.29) is 11.7 Å². The molecular formula is C18H27ClN4O9P2. The first kappa shape index (κ1) is 26.0. The van der Waals surface area contributed by atoms with E-state index in [4.69, 9.17) is 30.6 Å². The minimum absolute atomic E-state index is 0.0356. The fourth-order valence-electron chi connectivity index (χ4n) is 4.35. The monoisotopic (exact) mass is 540 g/mol. The van der Waals surface area contributed by atoms with Crippen molar-refractivity contribution in [2.75, 3.05) is 17.8 Å². The first-order chi connectivity index (χ1) is 15.9. The lowest BCUT2D eigenvalue weighted by atomic mass is 10.0. The van der Waals surface area contributed by atoms with Crippen LogP contribution in [0.15, 0.2) is 12.1 Å². The summed E-state index contributed by atoms with van der Waals surface area (Å²) in [6.45, 7) is -0.638. The van der Waals surface area contributed by atoms with Crippen LogP contribution in [0.2, 0.25) is 5.28 Å². The van der Waals surface area contributed by atoms with Crippen LogP contribution in [0.4, 0.5) is 5.82 Å². The van der Waals surface area contributed by atoms with E-state index in [1.165, 1.54) is 0 Å². The number of rotatable bonds is 9. The second-order valence-corrected chi connectivity index (χ2v) is 12.9. The zero-order valence-electron chi connectivity index (χ0n) is 18.0. The van der Waals surface area contributed by atoms with Gasteiger partial charge in [0.1, 0.15) is 23.8 Å². The lowest BCUT2D eigenvalue weighted by Gasteiger charge is -2.18. The van der Waals surface area contributed by atoms with Crippen LogP contribution in [0.1, 0.15) is 31.4 Å². The predicted octanol–water partition coefficient (Wildman–Crippen LogP) is 1.11. The molecule has 0 bridgehead atoms. The third kappa shape index (κ3) is 6.17. The van der Waals surface area contributed by atoms with Crippen LogP contribution in [0.25, 0.3) is 5.52 Å². The Balaban J connectivity index is 1.45. The fourth-order valence-corrected chi connectivity index (χ4v) is 7.08. The van der Waals surface area contributed by atoms with E-state index >= 15 is 0 Å². The van der Waals surface area contributed by atoms with Crippen LogP contribution in [0.3, 0.4) is 0 Å². The summed E-state index contributed by atoms with van der Waals surface area (Å²) in [7, 11) is -9.41. The van der Waals surface area contributed by atoms with E-state index < -0.39 is 52.1 Å². The van der Waals surface area contributed by atoms with Gasteiger partial charge in [-0.25, -0.2) is 4.52 Å². The molecule has 4 rings (SSSR count). The van der Waals surface area contributed by atoms with Crippen molar-refractivity contribution in [1.29, 1.82) is 0 Å². The van der Waals surface area contributed by atoms with Crippen molar-refractivity contribution < 1.29 is 43.3 Å². The number of ether oxygens (including phenoxy) is 1. The van der Waals surface area contributed by atoms with Gasteiger partial charge in [0.2, 0.25) is 5.28 Å². The first-order valence-electron chi connectivity index (χ1n) is 10.7. The number of aromatic nitrogens is 3. The minimum Gasteiger partial charge on any atom is -0.388 e. The molecule has 1 aliphatic heterocycles. The number of hydrogen-bond acceptors (Lipinski definition) is 9. The smallest absolute Gasteiger partial charge is 0.340 e. The zero-order chi connectivity index (χ0) is 24.7. The van der Waals surface area contributed by atoms with Gasteiger partial charge in [0.05, 0.1) is 12.7 Å². The topological polar surface area (TPSA) is 196 Å². The molecule has 2 aromatic heterocycles. The summed E-state index contributed by atoms with van der Waals surface area (Å²) < 4.78 is 34.8. The van der Waals surface area contributed by atoms with E-state index in [9.17, 15) is 24.2 Å². The highest BCUT2D eigenvalue weighted by atomic mass is 35.5. The van der Waals surface area contributed by atoms with Gasteiger partial charge >= 0.3 is 15.2 Å².